The largest absolute Gasteiger partial charge is 0.487 e. The zero-order chi connectivity index (χ0) is 43.1. The molecule has 0 aliphatic carbocycles. The van der Waals surface area contributed by atoms with Crippen LogP contribution < -0.4 is 30.5 Å². The fourth-order valence-electron chi connectivity index (χ4n) is 9.04. The molecule has 16 nitrogen and oxygen atoms in total. The fraction of sp³-hybridized carbons (Fsp3) is 0.524. The quantitative estimate of drug-likeness (QED) is 0.265. The van der Waals surface area contributed by atoms with E-state index in [0.29, 0.717) is 42.3 Å². The third-order valence-electron chi connectivity index (χ3n) is 12.3. The number of nitrogens with one attached hydrogen (secondary N) is 1. The average Bonchev–Trinajstić information content (AvgIpc) is 3.98. The van der Waals surface area contributed by atoms with E-state index in [1.807, 2.05) is 11.8 Å². The van der Waals surface area contributed by atoms with Gasteiger partial charge in [0.2, 0.25) is 16.7 Å². The molecule has 0 spiro atoms. The normalized spacial score (nSPS) is 22.8. The lowest BCUT2D eigenvalue weighted by molar-refractivity contribution is 0.0206. The number of aromatic carboxylic acids is 2. The summed E-state index contributed by atoms with van der Waals surface area (Å²) >= 11 is 0. The molecule has 19 heteroatoms. The van der Waals surface area contributed by atoms with E-state index < -0.39 is 45.8 Å². The Labute approximate surface area is 347 Å². The summed E-state index contributed by atoms with van der Waals surface area (Å²) in [6.45, 7) is 14.0. The Balaban J connectivity index is 0.000000142. The molecule has 1 unspecified atom stereocenters. The van der Waals surface area contributed by atoms with Gasteiger partial charge in [-0.25, -0.2) is 18.4 Å². The summed E-state index contributed by atoms with van der Waals surface area (Å²) < 4.78 is 67.5. The molecule has 4 aromatic rings. The molecule has 4 fully saturated rings. The molecule has 6 aliphatic rings. The van der Waals surface area contributed by atoms with Gasteiger partial charge in [0.05, 0.1) is 53.8 Å². The summed E-state index contributed by atoms with van der Waals surface area (Å²) in [7, 11) is 0. The second-order valence-electron chi connectivity index (χ2n) is 16.2. The molecule has 0 amide bonds. The van der Waals surface area contributed by atoms with Crippen molar-refractivity contribution in [2.75, 3.05) is 90.5 Å². The summed E-state index contributed by atoms with van der Waals surface area (Å²) in [6.07, 6.45) is 5.74. The van der Waals surface area contributed by atoms with E-state index in [2.05, 4.69) is 15.1 Å². The van der Waals surface area contributed by atoms with Crippen LogP contribution in [0.4, 0.5) is 18.9 Å². The van der Waals surface area contributed by atoms with Crippen molar-refractivity contribution in [1.29, 1.82) is 0 Å². The van der Waals surface area contributed by atoms with Crippen LogP contribution >= 0.6 is 0 Å². The van der Waals surface area contributed by atoms with Gasteiger partial charge in [-0.3, -0.25) is 19.4 Å². The monoisotopic (exact) mass is 854 g/mol. The number of benzene rings is 2. The molecule has 2 aromatic carbocycles. The number of halogens is 3. The lowest BCUT2D eigenvalue weighted by atomic mass is 10.1. The number of hydrogen-bond donors (Lipinski definition) is 3. The molecule has 0 radical (unpaired) electrons. The second-order valence-corrected chi connectivity index (χ2v) is 16.2. The Morgan fingerprint density at radius 2 is 1.26 bits per heavy atom. The van der Waals surface area contributed by atoms with Crippen molar-refractivity contribution >= 4 is 39.4 Å². The van der Waals surface area contributed by atoms with Crippen LogP contribution in [0, 0.1) is 17.5 Å². The van der Waals surface area contributed by atoms with Crippen molar-refractivity contribution in [2.45, 2.75) is 57.3 Å². The molecule has 2 aromatic heterocycles. The lowest BCUT2D eigenvalue weighted by Crippen LogP contribution is -2.44. The number of nitrogens with zero attached hydrogens (tertiary/aromatic N) is 5. The van der Waals surface area contributed by atoms with Gasteiger partial charge in [0.1, 0.15) is 30.0 Å². The van der Waals surface area contributed by atoms with E-state index in [1.165, 1.54) is 30.3 Å². The number of anilines is 1. The molecule has 8 heterocycles. The number of rotatable bonds is 5. The first-order valence-electron chi connectivity index (χ1n) is 20.6. The van der Waals surface area contributed by atoms with E-state index in [1.54, 1.807) is 11.5 Å². The molecule has 0 bridgehead atoms. The average molecular weight is 855 g/mol. The van der Waals surface area contributed by atoms with Gasteiger partial charge in [0.15, 0.2) is 23.1 Å². The molecular formula is C42H49F3N6O10. The topological polar surface area (TPSA) is 177 Å². The van der Waals surface area contributed by atoms with Crippen LogP contribution in [0.3, 0.4) is 0 Å². The van der Waals surface area contributed by atoms with Crippen molar-refractivity contribution in [3.63, 3.8) is 0 Å². The third-order valence-corrected chi connectivity index (χ3v) is 12.3. The summed E-state index contributed by atoms with van der Waals surface area (Å²) in [5, 5.41) is 21.7. The van der Waals surface area contributed by atoms with Crippen LogP contribution in [0.5, 0.6) is 11.5 Å². The van der Waals surface area contributed by atoms with Gasteiger partial charge in [0, 0.05) is 70.4 Å². The molecule has 3 atom stereocenters. The first-order chi connectivity index (χ1) is 29.3. The number of morpholine rings is 1. The van der Waals surface area contributed by atoms with Crippen LogP contribution in [-0.2, 0) is 9.47 Å². The first kappa shape index (κ1) is 42.5. The minimum Gasteiger partial charge on any atom is -0.487 e. The fourth-order valence-corrected chi connectivity index (χ4v) is 9.04. The van der Waals surface area contributed by atoms with Gasteiger partial charge in [-0.05, 0) is 51.8 Å². The van der Waals surface area contributed by atoms with E-state index in [9.17, 15) is 33.1 Å². The van der Waals surface area contributed by atoms with Gasteiger partial charge >= 0.3 is 11.9 Å². The molecular weight excluding hydrogens is 805 g/mol. The van der Waals surface area contributed by atoms with Gasteiger partial charge in [-0.15, -0.1) is 0 Å². The van der Waals surface area contributed by atoms with Crippen molar-refractivity contribution in [1.82, 2.24) is 24.3 Å². The highest BCUT2D eigenvalue weighted by Gasteiger charge is 2.35. The number of ether oxygens (including phenoxy) is 4. The minimum absolute atomic E-state index is 0.0400. The number of carboxylic acids is 2. The molecule has 4 saturated heterocycles. The highest BCUT2D eigenvalue weighted by Crippen LogP contribution is 2.43. The van der Waals surface area contributed by atoms with Crippen molar-refractivity contribution < 1.29 is 51.9 Å². The second kappa shape index (κ2) is 17.6. The van der Waals surface area contributed by atoms with Crippen molar-refractivity contribution in [3.05, 3.63) is 73.6 Å². The maximum atomic E-state index is 15.3. The van der Waals surface area contributed by atoms with Gasteiger partial charge in [0.25, 0.3) is 0 Å². The van der Waals surface area contributed by atoms with Crippen LogP contribution in [0.15, 0.2) is 34.1 Å². The summed E-state index contributed by atoms with van der Waals surface area (Å²) in [5.41, 5.74) is -1.50. The van der Waals surface area contributed by atoms with E-state index in [4.69, 9.17) is 24.1 Å². The Morgan fingerprint density at radius 3 is 1.84 bits per heavy atom. The number of aromatic nitrogens is 2. The van der Waals surface area contributed by atoms with Gasteiger partial charge in [-0.1, -0.05) is 0 Å². The Morgan fingerprint density at radius 1 is 0.705 bits per heavy atom. The predicted molar refractivity (Wildman–Crippen MR) is 217 cm³/mol. The highest BCUT2D eigenvalue weighted by atomic mass is 19.2. The third kappa shape index (κ3) is 8.16. The molecule has 3 N–H and O–H groups in total. The number of carbonyl (C=O) groups is 2. The smallest absolute Gasteiger partial charge is 0.341 e. The van der Waals surface area contributed by atoms with E-state index in [0.717, 1.165) is 77.2 Å². The summed E-state index contributed by atoms with van der Waals surface area (Å²) in [5.74, 6) is -5.74. The SMILES string of the molecule is C1CC(N2CCOCC2)CN1.C[C@H]1COc2c(F)c(F)cc3c(=O)c(C(=O)O)cn1c23.C[C@H]1COc2c(N3CCN(C4CCOCC4)C3)c(F)cc3c(=O)c(C(=O)O)cn1c23. The Hall–Kier alpha value is -5.21. The van der Waals surface area contributed by atoms with Crippen LogP contribution in [0.1, 0.15) is 65.9 Å². The number of hydrogen-bond acceptors (Lipinski definition) is 12. The maximum Gasteiger partial charge on any atom is 0.341 e. The maximum absolute atomic E-state index is 15.3. The Kier molecular flexibility index (Phi) is 12.3. The van der Waals surface area contributed by atoms with Crippen molar-refractivity contribution in [2.24, 2.45) is 0 Å². The van der Waals surface area contributed by atoms with Crippen LogP contribution in [-0.4, -0.2) is 139 Å². The summed E-state index contributed by atoms with van der Waals surface area (Å²) in [4.78, 5) is 54.2. The summed E-state index contributed by atoms with van der Waals surface area (Å²) in [6, 6.07) is 2.61. The van der Waals surface area contributed by atoms with Gasteiger partial charge < -0.3 is 48.5 Å². The van der Waals surface area contributed by atoms with E-state index in [-0.39, 0.29) is 52.9 Å². The zero-order valence-electron chi connectivity index (χ0n) is 34.0. The molecule has 328 valence electrons. The van der Waals surface area contributed by atoms with Crippen LogP contribution in [0.2, 0.25) is 0 Å². The highest BCUT2D eigenvalue weighted by molar-refractivity contribution is 5.97. The molecule has 61 heavy (non-hydrogen) atoms. The number of pyridine rings is 2. The Bertz CT molecular complexity index is 2460. The van der Waals surface area contributed by atoms with Crippen LogP contribution in [0.25, 0.3) is 21.8 Å². The molecule has 0 saturated carbocycles. The number of carboxylic acid groups (broad SMARTS) is 2. The first-order valence-corrected chi connectivity index (χ1v) is 20.6. The lowest BCUT2D eigenvalue weighted by Gasteiger charge is -2.33. The standard InChI is InChI=1S/C21H24FN3O5.C13H9F2NO4.C8H16N2O/c1-12-10-30-20-17-14(19(26)15(21(27)28)9-25(12)17)8-16(22)18(20)24-5-4-23(11-24)13-2-6-29-7-3-13;1-5-4-20-12-9(15)8(14)2-6-10(12)16(5)3-7(11(6)17)13(18)19;1-2-9-7-8(1)10-3-5-11-6-4-10/h8-9,12-13H,2-7,10-11H2,1H3,(H,27,28);2-3,5H,4H2,1H3,(H,18,19);8-9H,1-7H2/t12-;5-;/m00./s1. The zero-order valence-corrected chi connectivity index (χ0v) is 34.0. The molecule has 10 rings (SSSR count). The minimum atomic E-state index is -1.41. The van der Waals surface area contributed by atoms with E-state index >= 15 is 4.39 Å². The van der Waals surface area contributed by atoms with Gasteiger partial charge in [-0.2, -0.15) is 4.39 Å². The predicted octanol–water partition coefficient (Wildman–Crippen LogP) is 3.66. The molecule has 6 aliphatic heterocycles. The van der Waals surface area contributed by atoms with Crippen molar-refractivity contribution in [3.8, 4) is 11.5 Å².